The second-order valence-electron chi connectivity index (χ2n) is 2.70. The molecule has 0 atom stereocenters. The van der Waals surface area contributed by atoms with E-state index < -0.39 is 0 Å². The van der Waals surface area contributed by atoms with E-state index in [1.807, 2.05) is 18.2 Å². The van der Waals surface area contributed by atoms with Crippen LogP contribution in [0.5, 0.6) is 0 Å². The molecule has 1 aromatic carbocycles. The van der Waals surface area contributed by atoms with Gasteiger partial charge in [-0.15, -0.1) is 35.6 Å². The number of hydrogen-bond donors (Lipinski definition) is 0. The quantitative estimate of drug-likeness (QED) is 0.728. The third-order valence-electron chi connectivity index (χ3n) is 1.83. The number of halogens is 3. The molecule has 0 saturated heterocycles. The van der Waals surface area contributed by atoms with Gasteiger partial charge in [-0.25, -0.2) is 0 Å². The van der Waals surface area contributed by atoms with E-state index in [0.717, 1.165) is 13.1 Å². The van der Waals surface area contributed by atoms with E-state index in [0.29, 0.717) is 11.8 Å². The van der Waals surface area contributed by atoms with Gasteiger partial charge in [-0.2, -0.15) is 0 Å². The van der Waals surface area contributed by atoms with Crippen molar-refractivity contribution in [3.05, 3.63) is 30.3 Å². The summed E-state index contributed by atoms with van der Waals surface area (Å²) in [4.78, 5) is 2.18. The Balaban J connectivity index is 0.00000169. The number of alkyl halides is 2. The van der Waals surface area contributed by atoms with E-state index in [1.165, 1.54) is 5.69 Å². The van der Waals surface area contributed by atoms with Gasteiger partial charge >= 0.3 is 0 Å². The lowest BCUT2D eigenvalue weighted by Gasteiger charge is -2.22. The zero-order chi connectivity index (χ0) is 9.52. The van der Waals surface area contributed by atoms with Gasteiger partial charge in [-0.3, -0.25) is 0 Å². The van der Waals surface area contributed by atoms with E-state index in [-0.39, 0.29) is 12.4 Å². The lowest BCUT2D eigenvalue weighted by Crippen LogP contribution is -2.27. The Bertz CT molecular complexity index is 222. The number of hydrogen-bond acceptors (Lipinski definition) is 1. The van der Waals surface area contributed by atoms with Gasteiger partial charge in [0.05, 0.1) is 0 Å². The van der Waals surface area contributed by atoms with Crippen molar-refractivity contribution >= 4 is 41.3 Å². The summed E-state index contributed by atoms with van der Waals surface area (Å²) in [7, 11) is 0. The number of benzene rings is 1. The first-order chi connectivity index (χ1) is 6.38. The van der Waals surface area contributed by atoms with Gasteiger partial charge in [0.15, 0.2) is 0 Å². The molecule has 0 saturated carbocycles. The van der Waals surface area contributed by atoms with Crippen molar-refractivity contribution in [2.24, 2.45) is 0 Å². The number of para-hydroxylation sites is 1. The second kappa shape index (κ2) is 8.22. The van der Waals surface area contributed by atoms with Crippen LogP contribution in [0.1, 0.15) is 0 Å². The van der Waals surface area contributed by atoms with Crippen LogP contribution in [-0.2, 0) is 0 Å². The maximum Gasteiger partial charge on any atom is 0.0399 e. The smallest absolute Gasteiger partial charge is 0.0399 e. The molecule has 0 aliphatic rings. The molecule has 0 spiro atoms. The fourth-order valence-electron chi connectivity index (χ4n) is 1.21. The Labute approximate surface area is 101 Å². The molecular formula is C10H14Cl3N. The Morgan fingerprint density at radius 3 is 1.86 bits per heavy atom. The summed E-state index contributed by atoms with van der Waals surface area (Å²) < 4.78 is 0. The van der Waals surface area contributed by atoms with Gasteiger partial charge in [-0.1, -0.05) is 18.2 Å². The molecule has 0 bridgehead atoms. The monoisotopic (exact) mass is 253 g/mol. The Kier molecular flexibility index (Phi) is 8.15. The lowest BCUT2D eigenvalue weighted by atomic mass is 10.3. The van der Waals surface area contributed by atoms with Crippen LogP contribution >= 0.6 is 35.6 Å². The van der Waals surface area contributed by atoms with Crippen LogP contribution in [-0.4, -0.2) is 24.8 Å². The summed E-state index contributed by atoms with van der Waals surface area (Å²) in [6.07, 6.45) is 0. The maximum atomic E-state index is 5.70. The van der Waals surface area contributed by atoms with Crippen molar-refractivity contribution in [1.29, 1.82) is 0 Å². The largest absolute Gasteiger partial charge is 0.369 e. The molecule has 80 valence electrons. The van der Waals surface area contributed by atoms with Crippen LogP contribution in [0.4, 0.5) is 5.69 Å². The highest BCUT2D eigenvalue weighted by Crippen LogP contribution is 2.12. The van der Waals surface area contributed by atoms with E-state index in [2.05, 4.69) is 17.0 Å². The first-order valence-corrected chi connectivity index (χ1v) is 5.37. The van der Waals surface area contributed by atoms with Crippen molar-refractivity contribution in [2.45, 2.75) is 0 Å². The zero-order valence-corrected chi connectivity index (χ0v) is 10.2. The second-order valence-corrected chi connectivity index (χ2v) is 3.46. The first-order valence-electron chi connectivity index (χ1n) is 4.30. The van der Waals surface area contributed by atoms with Crippen molar-refractivity contribution in [3.8, 4) is 0 Å². The van der Waals surface area contributed by atoms with E-state index in [9.17, 15) is 0 Å². The molecule has 0 heterocycles. The average Bonchev–Trinajstić information content (AvgIpc) is 2.19. The van der Waals surface area contributed by atoms with Crippen molar-refractivity contribution in [2.75, 3.05) is 29.7 Å². The van der Waals surface area contributed by atoms with Crippen LogP contribution < -0.4 is 4.90 Å². The third kappa shape index (κ3) is 4.41. The predicted octanol–water partition coefficient (Wildman–Crippen LogP) is 3.39. The molecule has 0 unspecified atom stereocenters. The summed E-state index contributed by atoms with van der Waals surface area (Å²) in [6, 6.07) is 10.2. The van der Waals surface area contributed by atoms with E-state index in [4.69, 9.17) is 23.2 Å². The van der Waals surface area contributed by atoms with Crippen LogP contribution in [0.15, 0.2) is 30.3 Å². The molecule has 0 fully saturated rings. The van der Waals surface area contributed by atoms with Gasteiger partial charge in [-0.05, 0) is 12.1 Å². The SMILES string of the molecule is Cl.ClCCN(CCCl)c1ccccc1. The fraction of sp³-hybridized carbons (Fsp3) is 0.400. The molecule has 0 aliphatic heterocycles. The summed E-state index contributed by atoms with van der Waals surface area (Å²) in [5, 5.41) is 0. The van der Waals surface area contributed by atoms with Crippen LogP contribution in [0.3, 0.4) is 0 Å². The highest BCUT2D eigenvalue weighted by molar-refractivity contribution is 6.18. The van der Waals surface area contributed by atoms with Gasteiger partial charge < -0.3 is 4.90 Å². The number of nitrogens with zero attached hydrogens (tertiary/aromatic N) is 1. The summed E-state index contributed by atoms with van der Waals surface area (Å²) >= 11 is 11.4. The summed E-state index contributed by atoms with van der Waals surface area (Å²) in [6.45, 7) is 1.69. The maximum absolute atomic E-state index is 5.70. The minimum absolute atomic E-state index is 0. The molecule has 1 nitrogen and oxygen atoms in total. The van der Waals surface area contributed by atoms with Crippen molar-refractivity contribution < 1.29 is 0 Å². The molecule has 4 heteroatoms. The predicted molar refractivity (Wildman–Crippen MR) is 67.3 cm³/mol. The molecular weight excluding hydrogens is 240 g/mol. The van der Waals surface area contributed by atoms with Gasteiger partial charge in [0, 0.05) is 30.5 Å². The fourth-order valence-corrected chi connectivity index (χ4v) is 1.62. The highest BCUT2D eigenvalue weighted by atomic mass is 35.5. The number of rotatable bonds is 5. The third-order valence-corrected chi connectivity index (χ3v) is 2.17. The lowest BCUT2D eigenvalue weighted by molar-refractivity contribution is 0.874. The van der Waals surface area contributed by atoms with Gasteiger partial charge in [0.25, 0.3) is 0 Å². The van der Waals surface area contributed by atoms with Crippen molar-refractivity contribution in [3.63, 3.8) is 0 Å². The molecule has 14 heavy (non-hydrogen) atoms. The Morgan fingerprint density at radius 2 is 1.43 bits per heavy atom. The van der Waals surface area contributed by atoms with E-state index >= 15 is 0 Å². The minimum atomic E-state index is 0. The molecule has 0 aliphatic carbocycles. The standard InChI is InChI=1S/C10H13Cl2N.ClH/c11-6-8-13(9-7-12)10-4-2-1-3-5-10;/h1-5H,6-9H2;1H. The van der Waals surface area contributed by atoms with Crippen molar-refractivity contribution in [1.82, 2.24) is 0 Å². The number of anilines is 1. The van der Waals surface area contributed by atoms with Crippen LogP contribution in [0, 0.1) is 0 Å². The Morgan fingerprint density at radius 1 is 0.929 bits per heavy atom. The zero-order valence-electron chi connectivity index (χ0n) is 7.83. The topological polar surface area (TPSA) is 3.24 Å². The first kappa shape index (κ1) is 13.9. The molecule has 0 N–H and O–H groups in total. The van der Waals surface area contributed by atoms with E-state index in [1.54, 1.807) is 0 Å². The molecule has 0 amide bonds. The molecule has 0 radical (unpaired) electrons. The molecule has 0 aromatic heterocycles. The minimum Gasteiger partial charge on any atom is -0.369 e. The van der Waals surface area contributed by atoms with Gasteiger partial charge in [0.2, 0.25) is 0 Å². The highest BCUT2D eigenvalue weighted by Gasteiger charge is 2.02. The normalized spacial score (nSPS) is 9.29. The average molecular weight is 255 g/mol. The summed E-state index contributed by atoms with van der Waals surface area (Å²) in [5.41, 5.74) is 1.18. The van der Waals surface area contributed by atoms with Crippen LogP contribution in [0.2, 0.25) is 0 Å². The summed E-state index contributed by atoms with van der Waals surface area (Å²) in [5.74, 6) is 1.26. The van der Waals surface area contributed by atoms with Gasteiger partial charge in [0.1, 0.15) is 0 Å². The molecule has 1 aromatic rings. The molecule has 1 rings (SSSR count). The van der Waals surface area contributed by atoms with Crippen LogP contribution in [0.25, 0.3) is 0 Å². The Hall–Kier alpha value is -0.110.